The normalized spacial score (nSPS) is 46.3. The second kappa shape index (κ2) is 6.72. The Bertz CT molecular complexity index is 1160. The Kier molecular flexibility index (Phi) is 4.31. The van der Waals surface area contributed by atoms with Crippen LogP contribution < -0.4 is 0 Å². The Morgan fingerprint density at radius 3 is 2.65 bits per heavy atom. The van der Waals surface area contributed by atoms with Gasteiger partial charge >= 0.3 is 11.9 Å². The van der Waals surface area contributed by atoms with Gasteiger partial charge in [-0.15, -0.1) is 0 Å². The molecule has 9 atom stereocenters. The zero-order valence-corrected chi connectivity index (χ0v) is 20.1. The Balaban J connectivity index is 1.58. The van der Waals surface area contributed by atoms with Crippen LogP contribution in [0.15, 0.2) is 46.3 Å². The van der Waals surface area contributed by atoms with Crippen molar-refractivity contribution in [3.63, 3.8) is 0 Å². The smallest absolute Gasteiger partial charge is 0.316 e. The molecule has 3 heterocycles. The van der Waals surface area contributed by atoms with Crippen molar-refractivity contribution in [3.8, 4) is 0 Å². The maximum Gasteiger partial charge on any atom is 0.316 e. The highest BCUT2D eigenvalue weighted by atomic mass is 16.6. The van der Waals surface area contributed by atoms with Gasteiger partial charge in [0.15, 0.2) is 5.78 Å². The Hall–Kier alpha value is -2.67. The van der Waals surface area contributed by atoms with E-state index < -0.39 is 40.3 Å². The molecule has 0 N–H and O–H groups in total. The van der Waals surface area contributed by atoms with Crippen LogP contribution >= 0.6 is 0 Å². The molecule has 7 nitrogen and oxygen atoms in total. The lowest BCUT2D eigenvalue weighted by atomic mass is 9.42. The van der Waals surface area contributed by atoms with Gasteiger partial charge in [-0.2, -0.15) is 0 Å². The van der Waals surface area contributed by atoms with E-state index in [0.717, 1.165) is 17.6 Å². The van der Waals surface area contributed by atoms with Crippen molar-refractivity contribution in [2.75, 3.05) is 7.11 Å². The highest BCUT2D eigenvalue weighted by Crippen LogP contribution is 2.72. The molecule has 34 heavy (non-hydrogen) atoms. The topological polar surface area (TPSA) is 92.0 Å². The number of ether oxygens (including phenoxy) is 3. The van der Waals surface area contributed by atoms with Gasteiger partial charge in [-0.25, -0.2) is 0 Å². The summed E-state index contributed by atoms with van der Waals surface area (Å²) in [5, 5.41) is 0. The summed E-state index contributed by atoms with van der Waals surface area (Å²) in [6.07, 6.45) is 6.29. The van der Waals surface area contributed by atoms with Crippen LogP contribution in [-0.2, 0) is 28.6 Å². The average Bonchev–Trinajstić information content (AvgIpc) is 3.54. The molecular formula is C27H30O7. The summed E-state index contributed by atoms with van der Waals surface area (Å²) in [5.74, 6) is -1.46. The maximum absolute atomic E-state index is 13.7. The third kappa shape index (κ3) is 2.34. The van der Waals surface area contributed by atoms with Crippen LogP contribution in [0.1, 0.15) is 52.0 Å². The van der Waals surface area contributed by atoms with E-state index in [0.29, 0.717) is 0 Å². The first-order chi connectivity index (χ1) is 16.1. The van der Waals surface area contributed by atoms with Crippen molar-refractivity contribution in [2.24, 2.45) is 28.1 Å². The fourth-order valence-corrected chi connectivity index (χ4v) is 8.41. The van der Waals surface area contributed by atoms with E-state index in [1.54, 1.807) is 18.6 Å². The van der Waals surface area contributed by atoms with Crippen molar-refractivity contribution in [1.82, 2.24) is 0 Å². The molecule has 3 fully saturated rings. The molecule has 1 aromatic heterocycles. The van der Waals surface area contributed by atoms with Crippen LogP contribution in [0.4, 0.5) is 0 Å². The largest absolute Gasteiger partial charge is 0.472 e. The van der Waals surface area contributed by atoms with E-state index in [4.69, 9.17) is 18.6 Å². The molecule has 3 aliphatic carbocycles. The highest BCUT2D eigenvalue weighted by Gasteiger charge is 2.77. The zero-order valence-electron chi connectivity index (χ0n) is 20.1. The molecule has 1 aromatic rings. The summed E-state index contributed by atoms with van der Waals surface area (Å²) >= 11 is 0. The number of esters is 2. The second-order valence-electron chi connectivity index (χ2n) is 11.2. The van der Waals surface area contributed by atoms with Crippen molar-refractivity contribution >= 4 is 17.7 Å². The molecule has 180 valence electrons. The van der Waals surface area contributed by atoms with Gasteiger partial charge in [0.2, 0.25) is 0 Å². The summed E-state index contributed by atoms with van der Waals surface area (Å²) in [5.41, 5.74) is 0.794. The molecule has 2 saturated heterocycles. The minimum atomic E-state index is -0.987. The van der Waals surface area contributed by atoms with Gasteiger partial charge in [-0.1, -0.05) is 25.5 Å². The van der Waals surface area contributed by atoms with Crippen molar-refractivity contribution in [1.29, 1.82) is 0 Å². The van der Waals surface area contributed by atoms with Gasteiger partial charge in [-0.05, 0) is 49.5 Å². The van der Waals surface area contributed by atoms with Crippen molar-refractivity contribution in [2.45, 2.75) is 64.8 Å². The molecular weight excluding hydrogens is 436 g/mol. The Morgan fingerprint density at radius 2 is 1.97 bits per heavy atom. The summed E-state index contributed by atoms with van der Waals surface area (Å²) in [4.78, 5) is 39.6. The van der Waals surface area contributed by atoms with E-state index in [-0.39, 0.29) is 36.2 Å². The van der Waals surface area contributed by atoms with Crippen LogP contribution in [0.3, 0.4) is 0 Å². The van der Waals surface area contributed by atoms with Gasteiger partial charge in [0.05, 0.1) is 37.6 Å². The predicted octanol–water partition coefficient (Wildman–Crippen LogP) is 3.74. The van der Waals surface area contributed by atoms with E-state index in [2.05, 4.69) is 13.8 Å². The van der Waals surface area contributed by atoms with Crippen LogP contribution in [-0.4, -0.2) is 43.1 Å². The lowest BCUT2D eigenvalue weighted by Gasteiger charge is -2.59. The van der Waals surface area contributed by atoms with Crippen molar-refractivity contribution in [3.05, 3.63) is 47.5 Å². The van der Waals surface area contributed by atoms with Crippen LogP contribution in [0, 0.1) is 28.1 Å². The number of hydrogen-bond donors (Lipinski definition) is 0. The number of fused-ring (bicyclic) bond motifs is 4. The second-order valence-corrected chi connectivity index (χ2v) is 11.2. The van der Waals surface area contributed by atoms with Crippen LogP contribution in [0.5, 0.6) is 0 Å². The van der Waals surface area contributed by atoms with Gasteiger partial charge in [0.25, 0.3) is 0 Å². The number of allylic oxidation sites excluding steroid dienone is 2. The molecule has 0 spiro atoms. The minimum absolute atomic E-state index is 0.0658. The molecule has 0 radical (unpaired) electrons. The van der Waals surface area contributed by atoms with Crippen LogP contribution in [0.25, 0.3) is 0 Å². The number of carbonyl (C=O) groups is 3. The molecule has 0 aromatic carbocycles. The monoisotopic (exact) mass is 466 g/mol. The number of carbonyl (C=O) groups excluding carboxylic acids is 3. The number of furan rings is 1. The number of methoxy groups -OCH3 is 1. The number of ketones is 1. The molecule has 5 aliphatic rings. The van der Waals surface area contributed by atoms with E-state index >= 15 is 0 Å². The Labute approximate surface area is 198 Å². The van der Waals surface area contributed by atoms with Crippen molar-refractivity contribution < 1.29 is 33.0 Å². The Morgan fingerprint density at radius 1 is 1.21 bits per heavy atom. The fraction of sp³-hybridized carbons (Fsp3) is 0.593. The first-order valence-electron chi connectivity index (χ1n) is 12.0. The van der Waals surface area contributed by atoms with Gasteiger partial charge in [0.1, 0.15) is 12.2 Å². The van der Waals surface area contributed by atoms with Gasteiger partial charge in [0, 0.05) is 22.7 Å². The quantitative estimate of drug-likeness (QED) is 0.495. The van der Waals surface area contributed by atoms with Gasteiger partial charge in [-0.3, -0.25) is 14.4 Å². The van der Waals surface area contributed by atoms with Gasteiger partial charge < -0.3 is 18.6 Å². The average molecular weight is 467 g/mol. The molecule has 7 heteroatoms. The lowest BCUT2D eigenvalue weighted by Crippen LogP contribution is -2.66. The molecule has 0 amide bonds. The third-order valence-corrected chi connectivity index (χ3v) is 9.91. The summed E-state index contributed by atoms with van der Waals surface area (Å²) in [6, 6.07) is 1.97. The molecule has 2 aliphatic heterocycles. The van der Waals surface area contributed by atoms with E-state index in [9.17, 15) is 14.4 Å². The first-order valence-corrected chi connectivity index (χ1v) is 12.0. The zero-order chi connectivity index (χ0) is 24.2. The maximum atomic E-state index is 13.7. The van der Waals surface area contributed by atoms with E-state index in [1.165, 1.54) is 18.8 Å². The predicted molar refractivity (Wildman–Crippen MR) is 119 cm³/mol. The van der Waals surface area contributed by atoms with E-state index in [1.807, 2.05) is 19.9 Å². The molecule has 6 rings (SSSR count). The molecule has 1 saturated carbocycles. The SMILES string of the molecule is COC(=O)C[C@H]1[C@]2(C)C3=C(C)[C@H](c4ccoc4)C[C@H]3O[C@H]2[C@H]2OC(=O)[C@]3(C)C=CC(=O)[C@@]1(C)[C@H]23. The summed E-state index contributed by atoms with van der Waals surface area (Å²) in [6.45, 7) is 7.96. The third-order valence-electron chi connectivity index (χ3n) is 9.91. The van der Waals surface area contributed by atoms with Crippen LogP contribution in [0.2, 0.25) is 0 Å². The first kappa shape index (κ1) is 21.8. The number of hydrogen-bond acceptors (Lipinski definition) is 7. The minimum Gasteiger partial charge on any atom is -0.472 e. The fourth-order valence-electron chi connectivity index (χ4n) is 8.41. The summed E-state index contributed by atoms with van der Waals surface area (Å²) < 4.78 is 23.2. The molecule has 0 unspecified atom stereocenters. The lowest BCUT2D eigenvalue weighted by molar-refractivity contribution is -0.190. The highest BCUT2D eigenvalue weighted by molar-refractivity contribution is 6.00. The standard InChI is InChI=1S/C27H30O7/c1-13-15(14-7-9-32-12-14)10-16-20(13)27(4)17(11-19(29)31-5)26(3)18(28)6-8-25(2)22(26)21(23(27)33-16)34-24(25)30/h6-9,12,15-17,21-23H,10-11H2,1-5H3/t15-,16-,17-,21+,22-,23+,25-,26+,27-/m1/s1. The number of rotatable bonds is 3. The molecule has 0 bridgehead atoms. The summed E-state index contributed by atoms with van der Waals surface area (Å²) in [7, 11) is 1.37.